The van der Waals surface area contributed by atoms with Gasteiger partial charge in [-0.2, -0.15) is 0 Å². The molecule has 0 aliphatic carbocycles. The van der Waals surface area contributed by atoms with Crippen LogP contribution < -0.4 is 21.7 Å². The van der Waals surface area contributed by atoms with Gasteiger partial charge in [-0.25, -0.2) is 10.7 Å². The molecule has 30 heavy (non-hydrogen) atoms. The lowest BCUT2D eigenvalue weighted by molar-refractivity contribution is -0.179. The van der Waals surface area contributed by atoms with E-state index in [0.717, 1.165) is 23.4 Å². The minimum atomic E-state index is -1.60. The van der Waals surface area contributed by atoms with Crippen molar-refractivity contribution in [2.24, 2.45) is 16.6 Å². The topological polar surface area (TPSA) is 141 Å². The van der Waals surface area contributed by atoms with E-state index in [4.69, 9.17) is 30.9 Å². The fourth-order valence-corrected chi connectivity index (χ4v) is 3.68. The molecule has 1 aromatic carbocycles. The van der Waals surface area contributed by atoms with Crippen LogP contribution in [0, 0.1) is 0 Å². The standard InChI is InChI=1S/C19H28N4O5.C2H6/c1-19(28-21,18(24)25)16-6-4-11-9-12(3-5-15(11)27-16)17-22-13(7-8-20)14(23-17)10-26-2;1-2/h3,5,9,13-14,16H,4,6-8,10,20-21H2,1-2H3,(H,22,23)(H,24,25);1-2H3. The van der Waals surface area contributed by atoms with Crippen LogP contribution in [0.3, 0.4) is 0 Å². The van der Waals surface area contributed by atoms with Crippen molar-refractivity contribution in [3.8, 4) is 5.75 Å². The van der Waals surface area contributed by atoms with Gasteiger partial charge in [-0.15, -0.1) is 0 Å². The number of hydrogen-bond acceptors (Lipinski definition) is 8. The second-order valence-electron chi connectivity index (χ2n) is 7.33. The van der Waals surface area contributed by atoms with Gasteiger partial charge in [-0.3, -0.25) is 9.83 Å². The number of amidine groups is 1. The molecule has 168 valence electrons. The SMILES string of the molecule is CC.COCC1NC(c2ccc3c(c2)CCC(C(C)(ON)C(=O)O)O3)=NC1CCN. The maximum atomic E-state index is 11.5. The Hall–Kier alpha value is -2.20. The van der Waals surface area contributed by atoms with E-state index in [9.17, 15) is 9.90 Å². The second-order valence-corrected chi connectivity index (χ2v) is 7.33. The molecular formula is C21H34N4O5. The zero-order valence-corrected chi connectivity index (χ0v) is 18.2. The van der Waals surface area contributed by atoms with E-state index in [0.29, 0.717) is 31.7 Å². The molecular weight excluding hydrogens is 388 g/mol. The van der Waals surface area contributed by atoms with Gasteiger partial charge in [0.15, 0.2) is 0 Å². The van der Waals surface area contributed by atoms with Gasteiger partial charge in [0.1, 0.15) is 17.7 Å². The highest BCUT2D eigenvalue weighted by Gasteiger charge is 2.46. The summed E-state index contributed by atoms with van der Waals surface area (Å²) in [4.78, 5) is 21.1. The molecule has 0 saturated heterocycles. The molecule has 4 unspecified atom stereocenters. The normalized spacial score (nSPS) is 24.3. The van der Waals surface area contributed by atoms with Gasteiger partial charge < -0.3 is 25.6 Å². The molecule has 0 spiro atoms. The summed E-state index contributed by atoms with van der Waals surface area (Å²) in [6.45, 7) is 6.54. The Morgan fingerprint density at radius 1 is 1.43 bits per heavy atom. The molecule has 0 amide bonds. The molecule has 0 fully saturated rings. The minimum absolute atomic E-state index is 0.0783. The highest BCUT2D eigenvalue weighted by molar-refractivity contribution is 6.00. The van der Waals surface area contributed by atoms with E-state index in [2.05, 4.69) is 5.32 Å². The molecule has 3 rings (SSSR count). The van der Waals surface area contributed by atoms with Crippen LogP contribution in [-0.4, -0.2) is 61.0 Å². The maximum Gasteiger partial charge on any atom is 0.341 e. The molecule has 0 bridgehead atoms. The summed E-state index contributed by atoms with van der Waals surface area (Å²) in [6.07, 6.45) is 1.25. The van der Waals surface area contributed by atoms with Gasteiger partial charge in [0, 0.05) is 12.7 Å². The van der Waals surface area contributed by atoms with Crippen LogP contribution in [0.15, 0.2) is 23.2 Å². The van der Waals surface area contributed by atoms with Gasteiger partial charge in [0.05, 0.1) is 18.7 Å². The molecule has 9 nitrogen and oxygen atoms in total. The number of hydrogen-bond donors (Lipinski definition) is 4. The summed E-state index contributed by atoms with van der Waals surface area (Å²) in [5, 5.41) is 12.9. The molecule has 2 heterocycles. The van der Waals surface area contributed by atoms with Crippen molar-refractivity contribution in [2.45, 2.75) is 63.8 Å². The first-order chi connectivity index (χ1) is 14.4. The van der Waals surface area contributed by atoms with Gasteiger partial charge in [-0.05, 0) is 56.5 Å². The fraction of sp³-hybridized carbons (Fsp3) is 0.619. The molecule has 2 aliphatic rings. The number of carbonyl (C=O) groups is 1. The van der Waals surface area contributed by atoms with Crippen LogP contribution in [0.2, 0.25) is 0 Å². The van der Waals surface area contributed by atoms with Gasteiger partial charge in [0.2, 0.25) is 5.60 Å². The Morgan fingerprint density at radius 2 is 2.17 bits per heavy atom. The van der Waals surface area contributed by atoms with Crippen molar-refractivity contribution < 1.29 is 24.2 Å². The van der Waals surface area contributed by atoms with Crippen molar-refractivity contribution >= 4 is 11.8 Å². The average molecular weight is 423 g/mol. The molecule has 1 aromatic rings. The minimum Gasteiger partial charge on any atom is -0.486 e. The van der Waals surface area contributed by atoms with Gasteiger partial charge in [0.25, 0.3) is 0 Å². The number of carboxylic acid groups (broad SMARTS) is 1. The zero-order valence-electron chi connectivity index (χ0n) is 18.2. The summed E-state index contributed by atoms with van der Waals surface area (Å²) in [6, 6.07) is 5.94. The maximum absolute atomic E-state index is 11.5. The number of nitrogens with zero attached hydrogens (tertiary/aromatic N) is 1. The third kappa shape index (κ3) is 4.92. The summed E-state index contributed by atoms with van der Waals surface area (Å²) in [5.74, 6) is 5.53. The number of benzene rings is 1. The number of rotatable bonds is 8. The average Bonchev–Trinajstić information content (AvgIpc) is 3.16. The lowest BCUT2D eigenvalue weighted by atomic mass is 9.90. The predicted octanol–water partition coefficient (Wildman–Crippen LogP) is 1.22. The third-order valence-electron chi connectivity index (χ3n) is 5.45. The predicted molar refractivity (Wildman–Crippen MR) is 115 cm³/mol. The van der Waals surface area contributed by atoms with Crippen molar-refractivity contribution in [1.82, 2.24) is 5.32 Å². The molecule has 0 saturated carbocycles. The lowest BCUT2D eigenvalue weighted by Gasteiger charge is -2.35. The molecule has 0 aromatic heterocycles. The van der Waals surface area contributed by atoms with E-state index in [1.807, 2.05) is 32.0 Å². The van der Waals surface area contributed by atoms with E-state index >= 15 is 0 Å². The van der Waals surface area contributed by atoms with E-state index in [1.54, 1.807) is 7.11 Å². The summed E-state index contributed by atoms with van der Waals surface area (Å²) in [5.41, 5.74) is 6.06. The molecule has 6 N–H and O–H groups in total. The molecule has 0 radical (unpaired) electrons. The Morgan fingerprint density at radius 3 is 2.77 bits per heavy atom. The van der Waals surface area contributed by atoms with Crippen molar-refractivity contribution in [3.63, 3.8) is 0 Å². The number of methoxy groups -OCH3 is 1. The number of ether oxygens (including phenoxy) is 2. The van der Waals surface area contributed by atoms with Crippen LogP contribution in [0.25, 0.3) is 0 Å². The first-order valence-electron chi connectivity index (χ1n) is 10.4. The summed E-state index contributed by atoms with van der Waals surface area (Å²) in [7, 11) is 1.67. The zero-order chi connectivity index (χ0) is 22.3. The Bertz CT molecular complexity index is 757. The Labute approximate surface area is 177 Å². The highest BCUT2D eigenvalue weighted by Crippen LogP contribution is 2.34. The lowest BCUT2D eigenvalue weighted by Crippen LogP contribution is -2.54. The molecule has 4 atom stereocenters. The van der Waals surface area contributed by atoms with Crippen molar-refractivity contribution in [1.29, 1.82) is 0 Å². The number of aliphatic carboxylic acids is 1. The van der Waals surface area contributed by atoms with Crippen LogP contribution in [0.1, 0.15) is 44.7 Å². The van der Waals surface area contributed by atoms with E-state index in [-0.39, 0.29) is 12.1 Å². The van der Waals surface area contributed by atoms with E-state index in [1.165, 1.54) is 6.92 Å². The number of nitrogens with one attached hydrogen (secondary N) is 1. The number of fused-ring (bicyclic) bond motifs is 1. The number of aryl methyl sites for hydroxylation is 1. The smallest absolute Gasteiger partial charge is 0.341 e. The monoisotopic (exact) mass is 422 g/mol. The van der Waals surface area contributed by atoms with Crippen LogP contribution in [0.5, 0.6) is 5.75 Å². The second kappa shape index (κ2) is 10.7. The Kier molecular flexibility index (Phi) is 8.60. The third-order valence-corrected chi connectivity index (χ3v) is 5.45. The highest BCUT2D eigenvalue weighted by atomic mass is 16.7. The number of carboxylic acids is 1. The first kappa shape index (κ1) is 24.1. The van der Waals surface area contributed by atoms with Crippen molar-refractivity contribution in [2.75, 3.05) is 20.3 Å². The molecule has 2 aliphatic heterocycles. The number of nitrogens with two attached hydrogens (primary N) is 2. The van der Waals surface area contributed by atoms with E-state index < -0.39 is 17.7 Å². The summed E-state index contributed by atoms with van der Waals surface area (Å²) < 4.78 is 11.2. The Balaban J connectivity index is 0.00000155. The van der Waals surface area contributed by atoms with Gasteiger partial charge >= 0.3 is 5.97 Å². The van der Waals surface area contributed by atoms with Crippen LogP contribution >= 0.6 is 0 Å². The van der Waals surface area contributed by atoms with Crippen molar-refractivity contribution in [3.05, 3.63) is 29.3 Å². The van der Waals surface area contributed by atoms with Crippen LogP contribution in [0.4, 0.5) is 0 Å². The first-order valence-corrected chi connectivity index (χ1v) is 10.4. The largest absolute Gasteiger partial charge is 0.486 e. The number of aliphatic imine (C=N–C) groups is 1. The summed E-state index contributed by atoms with van der Waals surface area (Å²) >= 11 is 0. The molecule has 9 heteroatoms. The van der Waals surface area contributed by atoms with Crippen LogP contribution in [-0.2, 0) is 20.8 Å². The quantitative estimate of drug-likeness (QED) is 0.458. The fourth-order valence-electron chi connectivity index (χ4n) is 3.68. The van der Waals surface area contributed by atoms with Gasteiger partial charge in [-0.1, -0.05) is 13.8 Å².